The van der Waals surface area contributed by atoms with E-state index in [0.29, 0.717) is 99.0 Å². The lowest BCUT2D eigenvalue weighted by molar-refractivity contribution is -0.132. The molecular weight excluding hydrogens is 1030 g/mol. The van der Waals surface area contributed by atoms with Crippen molar-refractivity contribution in [1.82, 2.24) is 46.2 Å². The minimum absolute atomic E-state index is 0.0158. The number of halogens is 1. The highest BCUT2D eigenvalue weighted by atomic mass is 19.1. The number of H-pyrrole nitrogens is 1. The summed E-state index contributed by atoms with van der Waals surface area (Å²) < 4.78 is 37.6. The van der Waals surface area contributed by atoms with Crippen LogP contribution in [0.3, 0.4) is 0 Å². The summed E-state index contributed by atoms with van der Waals surface area (Å²) >= 11 is 0. The van der Waals surface area contributed by atoms with Gasteiger partial charge in [-0.25, -0.2) is 9.49 Å². The van der Waals surface area contributed by atoms with Gasteiger partial charge in [0.2, 0.25) is 17.7 Å². The first-order valence-electron chi connectivity index (χ1n) is 28.1. The fourth-order valence-electron chi connectivity index (χ4n) is 10.8. The van der Waals surface area contributed by atoms with Crippen LogP contribution in [0, 0.1) is 11.7 Å². The monoisotopic (exact) mass is 1100 g/mol. The topological polar surface area (TPSA) is 226 Å². The number of aromatic amines is 1. The van der Waals surface area contributed by atoms with E-state index >= 15 is 4.39 Å². The van der Waals surface area contributed by atoms with Gasteiger partial charge < -0.3 is 54.9 Å². The normalized spacial score (nSPS) is 16.3. The number of ether oxygens (including phenoxy) is 4. The Morgan fingerprint density at radius 1 is 0.750 bits per heavy atom. The predicted octanol–water partition coefficient (Wildman–Crippen LogP) is 4.96. The number of methoxy groups -OCH3 is 1. The molecule has 2 saturated heterocycles. The average Bonchev–Trinajstić information content (AvgIpc) is 3.49. The van der Waals surface area contributed by atoms with Crippen molar-refractivity contribution in [1.29, 1.82) is 0 Å². The fourth-order valence-corrected chi connectivity index (χ4v) is 10.8. The van der Waals surface area contributed by atoms with Crippen LogP contribution in [0.25, 0.3) is 10.8 Å². The van der Waals surface area contributed by atoms with E-state index in [1.807, 2.05) is 60.4 Å². The molecule has 5 N–H and O–H groups in total. The Morgan fingerprint density at radius 2 is 1.49 bits per heavy atom. The zero-order chi connectivity index (χ0) is 56.2. The van der Waals surface area contributed by atoms with Gasteiger partial charge in [-0.3, -0.25) is 28.8 Å². The summed E-state index contributed by atoms with van der Waals surface area (Å²) in [6.07, 6.45) is 6.83. The summed E-state index contributed by atoms with van der Waals surface area (Å²) in [7, 11) is 1.61. The lowest BCUT2D eigenvalue weighted by atomic mass is 9.83. The van der Waals surface area contributed by atoms with Crippen molar-refractivity contribution in [2.45, 2.75) is 76.8 Å². The van der Waals surface area contributed by atoms with Crippen LogP contribution in [-0.2, 0) is 36.8 Å². The number of rotatable bonds is 26. The van der Waals surface area contributed by atoms with Crippen LogP contribution < -0.4 is 36.3 Å². The van der Waals surface area contributed by atoms with Crippen LogP contribution in [-0.4, -0.2) is 166 Å². The second-order valence-corrected chi connectivity index (χ2v) is 20.6. The second kappa shape index (κ2) is 29.8. The van der Waals surface area contributed by atoms with Crippen molar-refractivity contribution >= 4 is 40.3 Å². The molecule has 0 bridgehead atoms. The highest BCUT2D eigenvalue weighted by molar-refractivity contribution is 5.98. The van der Waals surface area contributed by atoms with Crippen LogP contribution in [0.1, 0.15) is 101 Å². The molecule has 19 nitrogen and oxygen atoms in total. The number of fused-ring (bicyclic) bond motifs is 1. The molecular formula is C60H76FN9O10. The van der Waals surface area contributed by atoms with Crippen LogP contribution in [0.2, 0.25) is 0 Å². The Morgan fingerprint density at radius 3 is 2.26 bits per heavy atom. The van der Waals surface area contributed by atoms with E-state index in [-0.39, 0.29) is 92.3 Å². The van der Waals surface area contributed by atoms with E-state index < -0.39 is 17.8 Å². The minimum atomic E-state index is -0.692. The van der Waals surface area contributed by atoms with Gasteiger partial charge in [0, 0.05) is 93.8 Å². The Balaban J connectivity index is 0.696. The first-order chi connectivity index (χ1) is 39.0. The molecule has 20 heteroatoms. The van der Waals surface area contributed by atoms with Gasteiger partial charge in [0.25, 0.3) is 17.4 Å². The van der Waals surface area contributed by atoms with Gasteiger partial charge >= 0.3 is 0 Å². The molecule has 1 aromatic heterocycles. The van der Waals surface area contributed by atoms with Crippen molar-refractivity contribution in [3.63, 3.8) is 0 Å². The number of carbonyl (C=O) groups excluding carboxylic acids is 5. The van der Waals surface area contributed by atoms with Crippen LogP contribution >= 0.6 is 0 Å². The number of amides is 5. The molecule has 5 aromatic rings. The van der Waals surface area contributed by atoms with Gasteiger partial charge in [0.15, 0.2) is 0 Å². The van der Waals surface area contributed by atoms with E-state index in [4.69, 9.17) is 18.9 Å². The number of aromatic nitrogens is 2. The minimum Gasteiger partial charge on any atom is -0.497 e. The second-order valence-electron chi connectivity index (χ2n) is 20.6. The molecule has 0 spiro atoms. The number of likely N-dealkylation sites (tertiary alicyclic amines) is 1. The number of benzene rings is 4. The van der Waals surface area contributed by atoms with Crippen molar-refractivity contribution in [2.24, 2.45) is 5.92 Å². The maximum Gasteiger partial charge on any atom is 0.272 e. The maximum absolute atomic E-state index is 15.0. The highest BCUT2D eigenvalue weighted by Crippen LogP contribution is 2.30. The number of carbonyl (C=O) groups is 5. The van der Waals surface area contributed by atoms with E-state index in [1.165, 1.54) is 12.1 Å². The molecule has 1 saturated carbocycles. The molecule has 1 unspecified atom stereocenters. The fraction of sp³-hybridized carbons (Fsp3) is 0.483. The van der Waals surface area contributed by atoms with Crippen molar-refractivity contribution < 1.29 is 47.3 Å². The lowest BCUT2D eigenvalue weighted by Gasteiger charge is -2.35. The predicted molar refractivity (Wildman–Crippen MR) is 300 cm³/mol. The van der Waals surface area contributed by atoms with Gasteiger partial charge in [0.1, 0.15) is 23.4 Å². The number of hydrogen-bond donors (Lipinski definition) is 5. The molecule has 3 fully saturated rings. The molecule has 3 aliphatic rings. The first-order valence-corrected chi connectivity index (χ1v) is 28.1. The molecule has 0 radical (unpaired) electrons. The van der Waals surface area contributed by atoms with Crippen molar-refractivity contribution in [3.8, 4) is 11.5 Å². The molecule has 4 aromatic carbocycles. The standard InChI is InChI=1S/C60H76FN9O10/c1-3-80-53-36-47(77-2)20-19-45(53)37-63-39-55(72)70-24-10-15-46(40-70)43-13-9-14-44(35-43)57(73)65-56(42-11-5-4-6-12-42)59(75)64-23-30-79-32-31-78-29-22-62-38-54(71)68-25-27-69(28-26-68)60(76)50-33-41(18-21-51(50)61)34-52-48-16-7-8-17-49(48)58(74)67-66-52/h7-9,13-14,16-21,33,35-36,42,46,56,62-63H,3-6,10-12,15,22-32,34,37-40H2,1-2H3,(H,64,75)(H,65,73)(H,67,74)/t46?,56-/m1/s1. The summed E-state index contributed by atoms with van der Waals surface area (Å²) in [4.78, 5) is 84.8. The molecule has 2 aliphatic heterocycles. The maximum atomic E-state index is 15.0. The van der Waals surface area contributed by atoms with Crippen molar-refractivity contribution in [2.75, 3.05) is 106 Å². The lowest BCUT2D eigenvalue weighted by Crippen LogP contribution is -2.52. The van der Waals surface area contributed by atoms with Crippen LogP contribution in [0.5, 0.6) is 11.5 Å². The van der Waals surface area contributed by atoms with E-state index in [0.717, 1.165) is 61.8 Å². The summed E-state index contributed by atoms with van der Waals surface area (Å²) in [6.45, 7) is 7.50. The number of piperidine rings is 1. The third-order valence-corrected chi connectivity index (χ3v) is 15.2. The first kappa shape index (κ1) is 58.9. The summed E-state index contributed by atoms with van der Waals surface area (Å²) in [5, 5.41) is 20.4. The molecule has 80 heavy (non-hydrogen) atoms. The van der Waals surface area contributed by atoms with Gasteiger partial charge in [-0.15, -0.1) is 0 Å². The number of hydrogen-bond acceptors (Lipinski definition) is 13. The zero-order valence-corrected chi connectivity index (χ0v) is 46.0. The Bertz CT molecular complexity index is 2960. The smallest absolute Gasteiger partial charge is 0.272 e. The quantitative estimate of drug-likeness (QED) is 0.0463. The third-order valence-electron chi connectivity index (χ3n) is 15.2. The highest BCUT2D eigenvalue weighted by Gasteiger charge is 2.32. The Labute approximate surface area is 466 Å². The molecule has 2 atom stereocenters. The van der Waals surface area contributed by atoms with Gasteiger partial charge in [-0.1, -0.05) is 61.7 Å². The number of piperazine rings is 1. The summed E-state index contributed by atoms with van der Waals surface area (Å²) in [5.41, 5.74) is 3.33. The third kappa shape index (κ3) is 16.2. The molecule has 5 amide bonds. The zero-order valence-electron chi connectivity index (χ0n) is 46.0. The summed E-state index contributed by atoms with van der Waals surface area (Å²) in [6, 6.07) is 24.0. The SMILES string of the molecule is CCOc1cc(OC)ccc1CNCC(=O)N1CCCC(c2cccc(C(=O)N[C@@H](C(=O)NCCOCCOCCNCC(=O)N3CCN(C(=O)c4cc(Cc5n[nH]c(=O)c6ccccc56)ccc4F)CC3)C3CCCCC3)c2)C1. The number of nitrogens with one attached hydrogen (secondary N) is 5. The summed E-state index contributed by atoms with van der Waals surface area (Å²) in [5.74, 6) is -0.212. The van der Waals surface area contributed by atoms with Gasteiger partial charge in [-0.2, -0.15) is 5.10 Å². The molecule has 8 rings (SSSR count). The molecule has 428 valence electrons. The Hall–Kier alpha value is -7.26. The molecule has 1 aliphatic carbocycles. The van der Waals surface area contributed by atoms with Gasteiger partial charge in [-0.05, 0) is 86.1 Å². The Kier molecular flexibility index (Phi) is 21.9. The van der Waals surface area contributed by atoms with Crippen molar-refractivity contribution in [3.05, 3.63) is 135 Å². The van der Waals surface area contributed by atoms with E-state index in [2.05, 4.69) is 31.5 Å². The van der Waals surface area contributed by atoms with Gasteiger partial charge in [0.05, 0.1) is 69.9 Å². The van der Waals surface area contributed by atoms with E-state index in [1.54, 1.807) is 41.2 Å². The number of nitrogens with zero attached hydrogens (tertiary/aromatic N) is 4. The van der Waals surface area contributed by atoms with Crippen LogP contribution in [0.4, 0.5) is 4.39 Å². The average molecular weight is 1100 g/mol. The largest absolute Gasteiger partial charge is 0.497 e. The molecule has 3 heterocycles. The van der Waals surface area contributed by atoms with E-state index in [9.17, 15) is 28.8 Å². The van der Waals surface area contributed by atoms with Crippen LogP contribution in [0.15, 0.2) is 89.7 Å².